The average Bonchev–Trinajstić information content (AvgIpc) is 3.46. The van der Waals surface area contributed by atoms with Crippen LogP contribution in [0.15, 0.2) is 36.8 Å². The summed E-state index contributed by atoms with van der Waals surface area (Å²) in [4.78, 5) is 6.89. The summed E-state index contributed by atoms with van der Waals surface area (Å²) in [5.41, 5.74) is 2.92. The predicted octanol–water partition coefficient (Wildman–Crippen LogP) is 2.84. The van der Waals surface area contributed by atoms with Crippen LogP contribution in [0.2, 0.25) is 0 Å². The standard InChI is InChI=1S/C23H26FN7O/c1-30-12-14(10-26-30)13-2-5-18(22(32)6-13)21-11-25-23(29-28-21)31(16-3-4-16)17-7-15-8-19(24)20(9-17)27-15/h2,5-6,10-12,15-17,19-20,27,32H,3-4,7-9H2,1H3/t15-,17+,19-,20-/m1/s1. The molecule has 3 aliphatic rings. The Balaban J connectivity index is 1.25. The van der Waals surface area contributed by atoms with Gasteiger partial charge in [0.1, 0.15) is 17.6 Å². The number of nitrogens with zero attached hydrogens (tertiary/aromatic N) is 6. The molecule has 2 bridgehead atoms. The first-order valence-corrected chi connectivity index (χ1v) is 11.3. The van der Waals surface area contributed by atoms with Crippen LogP contribution in [0.5, 0.6) is 5.75 Å². The van der Waals surface area contributed by atoms with Gasteiger partial charge >= 0.3 is 0 Å². The van der Waals surface area contributed by atoms with Crippen LogP contribution >= 0.6 is 0 Å². The van der Waals surface area contributed by atoms with Crippen LogP contribution in [-0.4, -0.2) is 60.4 Å². The Labute approximate surface area is 185 Å². The molecule has 8 nitrogen and oxygen atoms in total. The predicted molar refractivity (Wildman–Crippen MR) is 118 cm³/mol. The summed E-state index contributed by atoms with van der Waals surface area (Å²) in [6, 6.07) is 6.27. The quantitative estimate of drug-likeness (QED) is 0.637. The van der Waals surface area contributed by atoms with E-state index in [9.17, 15) is 9.50 Å². The number of rotatable bonds is 5. The third-order valence-corrected chi connectivity index (χ3v) is 6.90. The highest BCUT2D eigenvalue weighted by Crippen LogP contribution is 2.39. The lowest BCUT2D eigenvalue weighted by atomic mass is 9.98. The molecule has 1 aliphatic carbocycles. The number of aromatic hydroxyl groups is 1. The zero-order valence-electron chi connectivity index (χ0n) is 17.9. The van der Waals surface area contributed by atoms with Gasteiger partial charge in [-0.15, -0.1) is 10.2 Å². The number of nitrogens with one attached hydrogen (secondary N) is 1. The van der Waals surface area contributed by atoms with E-state index in [0.717, 1.165) is 36.8 Å². The summed E-state index contributed by atoms with van der Waals surface area (Å²) < 4.78 is 15.9. The molecule has 9 heteroatoms. The number of aryl methyl sites for hydroxylation is 1. The lowest BCUT2D eigenvalue weighted by molar-refractivity contribution is 0.271. The largest absolute Gasteiger partial charge is 0.507 e. The maximum Gasteiger partial charge on any atom is 0.245 e. The number of fused-ring (bicyclic) bond motifs is 2. The van der Waals surface area contributed by atoms with Gasteiger partial charge in [-0.1, -0.05) is 6.07 Å². The number of halogens is 1. The zero-order chi connectivity index (χ0) is 21.8. The Morgan fingerprint density at radius 3 is 2.62 bits per heavy atom. The number of alkyl halides is 1. The van der Waals surface area contributed by atoms with Crippen molar-refractivity contribution in [2.24, 2.45) is 7.05 Å². The zero-order valence-corrected chi connectivity index (χ0v) is 17.9. The highest BCUT2D eigenvalue weighted by molar-refractivity contribution is 5.73. The molecule has 0 amide bonds. The lowest BCUT2D eigenvalue weighted by Crippen LogP contribution is -2.50. The third-order valence-electron chi connectivity index (χ3n) is 6.90. The van der Waals surface area contributed by atoms with Gasteiger partial charge in [0.25, 0.3) is 0 Å². The monoisotopic (exact) mass is 435 g/mol. The Morgan fingerprint density at radius 1 is 1.09 bits per heavy atom. The molecule has 1 aromatic carbocycles. The van der Waals surface area contributed by atoms with Crippen LogP contribution in [0.1, 0.15) is 32.1 Å². The number of hydrogen-bond acceptors (Lipinski definition) is 7. The lowest BCUT2D eigenvalue weighted by Gasteiger charge is -2.37. The second kappa shape index (κ2) is 7.51. The maximum absolute atomic E-state index is 14.2. The highest BCUT2D eigenvalue weighted by Gasteiger charge is 2.46. The minimum Gasteiger partial charge on any atom is -0.507 e. The number of phenolic OH excluding ortho intramolecular Hbond substituents is 1. The molecule has 2 aromatic heterocycles. The minimum atomic E-state index is -0.759. The molecule has 2 saturated heterocycles. The summed E-state index contributed by atoms with van der Waals surface area (Å²) in [7, 11) is 1.86. The smallest absolute Gasteiger partial charge is 0.245 e. The summed E-state index contributed by atoms with van der Waals surface area (Å²) >= 11 is 0. The molecular formula is C23H26FN7O. The van der Waals surface area contributed by atoms with E-state index < -0.39 is 6.17 Å². The van der Waals surface area contributed by atoms with E-state index in [1.54, 1.807) is 23.1 Å². The van der Waals surface area contributed by atoms with E-state index in [4.69, 9.17) is 0 Å². The van der Waals surface area contributed by atoms with Crippen molar-refractivity contribution < 1.29 is 9.50 Å². The summed E-state index contributed by atoms with van der Waals surface area (Å²) in [6.45, 7) is 0. The van der Waals surface area contributed by atoms with Gasteiger partial charge in [0.05, 0.1) is 12.4 Å². The molecule has 3 aromatic rings. The first-order chi connectivity index (χ1) is 15.5. The van der Waals surface area contributed by atoms with Crippen LogP contribution in [0, 0.1) is 0 Å². The van der Waals surface area contributed by atoms with Crippen LogP contribution in [0.4, 0.5) is 10.3 Å². The second-order valence-corrected chi connectivity index (χ2v) is 9.26. The molecule has 166 valence electrons. The second-order valence-electron chi connectivity index (χ2n) is 9.26. The normalized spacial score (nSPS) is 26.9. The van der Waals surface area contributed by atoms with E-state index >= 15 is 0 Å². The summed E-state index contributed by atoms with van der Waals surface area (Å²) in [6.07, 6.45) is 9.08. The first kappa shape index (κ1) is 19.6. The molecule has 1 saturated carbocycles. The first-order valence-electron chi connectivity index (χ1n) is 11.3. The van der Waals surface area contributed by atoms with Crippen molar-refractivity contribution in [2.45, 2.75) is 62.4 Å². The van der Waals surface area contributed by atoms with Crippen molar-refractivity contribution >= 4 is 5.95 Å². The Bertz CT molecular complexity index is 1130. The van der Waals surface area contributed by atoms with Crippen LogP contribution in [-0.2, 0) is 7.05 Å². The van der Waals surface area contributed by atoms with Crippen molar-refractivity contribution in [3.8, 4) is 28.1 Å². The fourth-order valence-corrected chi connectivity index (χ4v) is 5.22. The number of benzene rings is 1. The van der Waals surface area contributed by atoms with Crippen molar-refractivity contribution in [3.63, 3.8) is 0 Å². The molecular weight excluding hydrogens is 409 g/mol. The van der Waals surface area contributed by atoms with Crippen LogP contribution < -0.4 is 10.2 Å². The molecule has 0 unspecified atom stereocenters. The summed E-state index contributed by atoms with van der Waals surface area (Å²) in [5, 5.41) is 27.0. The fraction of sp³-hybridized carbons (Fsp3) is 0.478. The van der Waals surface area contributed by atoms with E-state index in [0.29, 0.717) is 29.7 Å². The molecule has 0 radical (unpaired) electrons. The molecule has 2 N–H and O–H groups in total. The number of aromatic nitrogens is 5. The molecule has 3 fully saturated rings. The van der Waals surface area contributed by atoms with Crippen molar-refractivity contribution in [2.75, 3.05) is 4.90 Å². The Kier molecular flexibility index (Phi) is 4.60. The Hall–Kier alpha value is -3.07. The van der Waals surface area contributed by atoms with Gasteiger partial charge in [-0.3, -0.25) is 4.68 Å². The van der Waals surface area contributed by atoms with E-state index in [1.807, 2.05) is 25.4 Å². The third kappa shape index (κ3) is 3.50. The number of phenols is 1. The van der Waals surface area contributed by atoms with Crippen molar-refractivity contribution in [3.05, 3.63) is 36.8 Å². The van der Waals surface area contributed by atoms with Crippen LogP contribution in [0.3, 0.4) is 0 Å². The van der Waals surface area contributed by atoms with Gasteiger partial charge in [-0.25, -0.2) is 9.37 Å². The minimum absolute atomic E-state index is 0.0671. The van der Waals surface area contributed by atoms with Gasteiger partial charge in [-0.2, -0.15) is 5.10 Å². The fourth-order valence-electron chi connectivity index (χ4n) is 5.22. The number of hydrogen-bond donors (Lipinski definition) is 2. The highest BCUT2D eigenvalue weighted by atomic mass is 19.1. The van der Waals surface area contributed by atoms with Gasteiger partial charge < -0.3 is 15.3 Å². The molecule has 4 atom stereocenters. The van der Waals surface area contributed by atoms with Crippen molar-refractivity contribution in [1.82, 2.24) is 30.3 Å². The molecule has 0 spiro atoms. The van der Waals surface area contributed by atoms with Crippen LogP contribution in [0.25, 0.3) is 22.4 Å². The molecule has 2 aliphatic heterocycles. The number of anilines is 1. The molecule has 32 heavy (non-hydrogen) atoms. The van der Waals surface area contributed by atoms with E-state index in [1.165, 1.54) is 0 Å². The average molecular weight is 436 g/mol. The summed E-state index contributed by atoms with van der Waals surface area (Å²) in [5.74, 6) is 0.725. The van der Waals surface area contributed by atoms with Gasteiger partial charge in [0, 0.05) is 48.5 Å². The Morgan fingerprint density at radius 2 is 1.97 bits per heavy atom. The van der Waals surface area contributed by atoms with Gasteiger partial charge in [0.2, 0.25) is 5.95 Å². The van der Waals surface area contributed by atoms with E-state index in [-0.39, 0.29) is 23.9 Å². The molecule has 4 heterocycles. The van der Waals surface area contributed by atoms with E-state index in [2.05, 4.69) is 30.5 Å². The van der Waals surface area contributed by atoms with Gasteiger partial charge in [-0.05, 0) is 49.8 Å². The SMILES string of the molecule is Cn1cc(-c2ccc(-c3cnc(N(C4CC4)[C@H]4C[C@@H]5C[C@@H](F)[C@@H](C4)N5)nn3)c(O)c2)cn1. The number of piperidine rings is 1. The topological polar surface area (TPSA) is 92.0 Å². The molecule has 6 rings (SSSR count). The van der Waals surface area contributed by atoms with Crippen molar-refractivity contribution in [1.29, 1.82) is 0 Å². The van der Waals surface area contributed by atoms with Gasteiger partial charge in [0.15, 0.2) is 0 Å². The maximum atomic E-state index is 14.2.